The van der Waals surface area contributed by atoms with Crippen LogP contribution >= 0.6 is 0 Å². The molecule has 0 aliphatic heterocycles. The molecule has 0 radical (unpaired) electrons. The Morgan fingerprint density at radius 2 is 1.56 bits per heavy atom. The van der Waals surface area contributed by atoms with Crippen molar-refractivity contribution >= 4 is 10.9 Å². The summed E-state index contributed by atoms with van der Waals surface area (Å²) in [4.78, 5) is 0. The molecule has 0 unspecified atom stereocenters. The van der Waals surface area contributed by atoms with Crippen LogP contribution in [0.1, 0.15) is 30.5 Å². The van der Waals surface area contributed by atoms with E-state index in [-0.39, 0.29) is 6.42 Å². The number of aromatic nitrogens is 1. The van der Waals surface area contributed by atoms with Gasteiger partial charge in [-0.25, -0.2) is 0 Å². The number of rotatable bonds is 3. The summed E-state index contributed by atoms with van der Waals surface area (Å²) in [6, 6.07) is 16.0. The first-order valence-corrected chi connectivity index (χ1v) is 9.06. The van der Waals surface area contributed by atoms with Gasteiger partial charge in [-0.2, -0.15) is 17.7 Å². The van der Waals surface area contributed by atoms with Crippen LogP contribution in [-0.4, -0.2) is 6.18 Å². The van der Waals surface area contributed by atoms with Gasteiger partial charge in [-0.05, 0) is 49.6 Å². The molecule has 1 nitrogen and oxygen atoms in total. The Labute approximate surface area is 158 Å². The highest BCUT2D eigenvalue weighted by molar-refractivity contribution is 5.78. The molecule has 0 aliphatic rings. The van der Waals surface area contributed by atoms with Gasteiger partial charge in [0.25, 0.3) is 0 Å². The zero-order chi connectivity index (χ0) is 20.0. The molecule has 0 aliphatic carbocycles. The standard InChI is InChI=1S/C23H25F3N/c1-15-6-7-16(2)19(12-15)20-11-10-18-9-8-17(13-21(18)27(20)5)14-22(3,4)23(24,25)26/h6-13H,14H2,1-5H3/q+1. The van der Waals surface area contributed by atoms with Crippen LogP contribution < -0.4 is 4.57 Å². The third kappa shape index (κ3) is 3.71. The van der Waals surface area contributed by atoms with Gasteiger partial charge in [0.2, 0.25) is 11.2 Å². The van der Waals surface area contributed by atoms with Crippen molar-refractivity contribution in [2.75, 3.05) is 0 Å². The Kier molecular flexibility index (Phi) is 4.79. The molecule has 0 saturated carbocycles. The highest BCUT2D eigenvalue weighted by Gasteiger charge is 2.47. The molecular formula is C23H25F3N+. The van der Waals surface area contributed by atoms with Crippen molar-refractivity contribution in [3.8, 4) is 11.3 Å². The van der Waals surface area contributed by atoms with E-state index >= 15 is 0 Å². The molecule has 0 atom stereocenters. The van der Waals surface area contributed by atoms with Crippen molar-refractivity contribution in [3.05, 3.63) is 65.2 Å². The Balaban J connectivity index is 2.11. The quantitative estimate of drug-likeness (QED) is 0.491. The Bertz CT molecular complexity index is 1000. The van der Waals surface area contributed by atoms with Crippen molar-refractivity contribution < 1.29 is 17.7 Å². The van der Waals surface area contributed by atoms with Gasteiger partial charge in [-0.1, -0.05) is 37.6 Å². The molecule has 142 valence electrons. The number of hydrogen-bond acceptors (Lipinski definition) is 0. The lowest BCUT2D eigenvalue weighted by molar-refractivity contribution is -0.633. The molecule has 1 aromatic heterocycles. The summed E-state index contributed by atoms with van der Waals surface area (Å²) in [6.07, 6.45) is -4.27. The lowest BCUT2D eigenvalue weighted by atomic mass is 9.85. The number of alkyl halides is 3. The fourth-order valence-corrected chi connectivity index (χ4v) is 3.43. The first-order chi connectivity index (χ1) is 12.5. The van der Waals surface area contributed by atoms with Crippen LogP contribution in [0.3, 0.4) is 0 Å². The van der Waals surface area contributed by atoms with Gasteiger partial charge in [0, 0.05) is 23.1 Å². The molecule has 0 bridgehead atoms. The van der Waals surface area contributed by atoms with Gasteiger partial charge in [-0.3, -0.25) is 0 Å². The third-order valence-electron chi connectivity index (χ3n) is 5.32. The lowest BCUT2D eigenvalue weighted by Gasteiger charge is -2.27. The second kappa shape index (κ2) is 6.66. The first-order valence-electron chi connectivity index (χ1n) is 9.06. The molecule has 0 spiro atoms. The SMILES string of the molecule is Cc1ccc(C)c(-c2ccc3ccc(CC(C)(C)C(F)(F)F)cc3[n+]2C)c1. The molecule has 0 fully saturated rings. The fourth-order valence-electron chi connectivity index (χ4n) is 3.43. The molecule has 0 N–H and O–H groups in total. The van der Waals surface area contributed by atoms with E-state index in [1.54, 1.807) is 6.07 Å². The van der Waals surface area contributed by atoms with E-state index in [0.717, 1.165) is 22.2 Å². The molecule has 3 aromatic rings. The number of fused-ring (bicyclic) bond motifs is 1. The predicted molar refractivity (Wildman–Crippen MR) is 104 cm³/mol. The van der Waals surface area contributed by atoms with Crippen LogP contribution in [0.25, 0.3) is 22.2 Å². The molecule has 2 aromatic carbocycles. The Morgan fingerprint density at radius 1 is 0.889 bits per heavy atom. The number of halogens is 3. The van der Waals surface area contributed by atoms with Crippen LogP contribution in [0.2, 0.25) is 0 Å². The topological polar surface area (TPSA) is 3.88 Å². The number of pyridine rings is 1. The number of aryl methyl sites for hydroxylation is 3. The lowest BCUT2D eigenvalue weighted by Crippen LogP contribution is -2.35. The van der Waals surface area contributed by atoms with Gasteiger partial charge in [0.15, 0.2) is 0 Å². The summed E-state index contributed by atoms with van der Waals surface area (Å²) in [6.45, 7) is 6.63. The smallest absolute Gasteiger partial charge is 0.194 e. The number of benzene rings is 2. The van der Waals surface area contributed by atoms with E-state index < -0.39 is 11.6 Å². The second-order valence-electron chi connectivity index (χ2n) is 8.05. The zero-order valence-corrected chi connectivity index (χ0v) is 16.4. The van der Waals surface area contributed by atoms with Crippen LogP contribution in [-0.2, 0) is 13.5 Å². The minimum Gasteiger partial charge on any atom is -0.194 e. The first kappa shape index (κ1) is 19.4. The Morgan fingerprint density at radius 3 is 2.22 bits per heavy atom. The summed E-state index contributed by atoms with van der Waals surface area (Å²) in [5.74, 6) is 0. The van der Waals surface area contributed by atoms with Crippen LogP contribution in [0, 0.1) is 19.3 Å². The summed E-state index contributed by atoms with van der Waals surface area (Å²) in [7, 11) is 1.97. The monoisotopic (exact) mass is 372 g/mol. The summed E-state index contributed by atoms with van der Waals surface area (Å²) in [5.41, 5.74) is 4.41. The van der Waals surface area contributed by atoms with Crippen LogP contribution in [0.15, 0.2) is 48.5 Å². The number of nitrogens with zero attached hydrogens (tertiary/aromatic N) is 1. The predicted octanol–water partition coefficient (Wildman–Crippen LogP) is 6.08. The highest BCUT2D eigenvalue weighted by Crippen LogP contribution is 2.40. The van der Waals surface area contributed by atoms with Crippen molar-refractivity contribution in [2.24, 2.45) is 12.5 Å². The van der Waals surface area contributed by atoms with Gasteiger partial charge in [0.1, 0.15) is 7.05 Å². The van der Waals surface area contributed by atoms with Gasteiger partial charge in [0.05, 0.1) is 5.41 Å². The normalized spacial score (nSPS) is 12.6. The van der Waals surface area contributed by atoms with Gasteiger partial charge in [-0.15, -0.1) is 0 Å². The van der Waals surface area contributed by atoms with Gasteiger partial charge < -0.3 is 0 Å². The fraction of sp³-hybridized carbons (Fsp3) is 0.348. The number of hydrogen-bond donors (Lipinski definition) is 0. The maximum absolute atomic E-state index is 13.3. The van der Waals surface area contributed by atoms with Gasteiger partial charge >= 0.3 is 6.18 Å². The van der Waals surface area contributed by atoms with E-state index in [1.807, 2.05) is 25.2 Å². The summed E-state index contributed by atoms with van der Waals surface area (Å²) < 4.78 is 41.9. The Hall–Kier alpha value is -2.36. The minimum absolute atomic E-state index is 0.0415. The van der Waals surface area contributed by atoms with Crippen LogP contribution in [0.5, 0.6) is 0 Å². The van der Waals surface area contributed by atoms with E-state index in [2.05, 4.69) is 42.7 Å². The van der Waals surface area contributed by atoms with Crippen molar-refractivity contribution in [1.29, 1.82) is 0 Å². The zero-order valence-electron chi connectivity index (χ0n) is 16.4. The molecule has 0 saturated heterocycles. The van der Waals surface area contributed by atoms with Crippen LogP contribution in [0.4, 0.5) is 13.2 Å². The van der Waals surface area contributed by atoms with Crippen molar-refractivity contribution in [3.63, 3.8) is 0 Å². The average molecular weight is 372 g/mol. The molecule has 27 heavy (non-hydrogen) atoms. The summed E-state index contributed by atoms with van der Waals surface area (Å²) >= 11 is 0. The van der Waals surface area contributed by atoms with E-state index in [1.165, 1.54) is 25.0 Å². The largest absolute Gasteiger partial charge is 0.394 e. The maximum Gasteiger partial charge on any atom is 0.394 e. The highest BCUT2D eigenvalue weighted by atomic mass is 19.4. The molecule has 1 heterocycles. The van der Waals surface area contributed by atoms with E-state index in [9.17, 15) is 13.2 Å². The van der Waals surface area contributed by atoms with E-state index in [0.29, 0.717) is 5.56 Å². The molecule has 4 heteroatoms. The third-order valence-corrected chi connectivity index (χ3v) is 5.32. The molecule has 0 amide bonds. The van der Waals surface area contributed by atoms with E-state index in [4.69, 9.17) is 0 Å². The van der Waals surface area contributed by atoms with Crippen molar-refractivity contribution in [2.45, 2.75) is 40.3 Å². The average Bonchev–Trinajstić information content (AvgIpc) is 2.57. The second-order valence-corrected chi connectivity index (χ2v) is 8.05. The molecule has 3 rings (SSSR count). The minimum atomic E-state index is -4.23. The summed E-state index contributed by atoms with van der Waals surface area (Å²) in [5, 5.41) is 1.01. The maximum atomic E-state index is 13.3. The van der Waals surface area contributed by atoms with Crippen molar-refractivity contribution in [1.82, 2.24) is 0 Å². The molecular weight excluding hydrogens is 347 g/mol.